The molecule has 0 saturated carbocycles. The van der Waals surface area contributed by atoms with Crippen LogP contribution in [0.3, 0.4) is 0 Å². The molecule has 0 spiro atoms. The molecule has 0 atom stereocenters. The van der Waals surface area contributed by atoms with E-state index in [0.29, 0.717) is 10.8 Å². The Hall–Kier alpha value is -1.37. The van der Waals surface area contributed by atoms with E-state index in [1.807, 2.05) is 31.2 Å². The van der Waals surface area contributed by atoms with Gasteiger partial charge in [0, 0.05) is 11.1 Å². The van der Waals surface area contributed by atoms with Gasteiger partial charge in [0.15, 0.2) is 0 Å². The molecule has 6 heteroatoms. The molecule has 0 bridgehead atoms. The van der Waals surface area contributed by atoms with E-state index >= 15 is 0 Å². The van der Waals surface area contributed by atoms with Crippen LogP contribution < -0.4 is 34.9 Å². The fourth-order valence-corrected chi connectivity index (χ4v) is 3.25. The summed E-state index contributed by atoms with van der Waals surface area (Å²) in [5.74, 6) is 0. The van der Waals surface area contributed by atoms with Gasteiger partial charge in [-0.1, -0.05) is 48.0 Å². The van der Waals surface area contributed by atoms with Gasteiger partial charge in [-0.2, -0.15) is 0 Å². The van der Waals surface area contributed by atoms with Crippen molar-refractivity contribution in [1.82, 2.24) is 0 Å². The van der Waals surface area contributed by atoms with Crippen LogP contribution >= 0.6 is 0 Å². The van der Waals surface area contributed by atoms with Crippen molar-refractivity contribution in [2.75, 3.05) is 5.32 Å². The van der Waals surface area contributed by atoms with Crippen LogP contribution in [0.5, 0.6) is 0 Å². The van der Waals surface area contributed by atoms with Crippen molar-refractivity contribution in [2.24, 2.45) is 0 Å². The average Bonchev–Trinajstić information content (AvgIpc) is 2.48. The molecule has 0 radical (unpaired) electrons. The Morgan fingerprint density at radius 1 is 0.913 bits per heavy atom. The zero-order valence-electron chi connectivity index (χ0n) is 12.9. The van der Waals surface area contributed by atoms with Crippen LogP contribution in [0.1, 0.15) is 5.56 Å². The molecule has 0 saturated heterocycles. The van der Waals surface area contributed by atoms with Gasteiger partial charge in [0.25, 0.3) is 0 Å². The van der Waals surface area contributed by atoms with E-state index in [-0.39, 0.29) is 40.1 Å². The third-order valence-electron chi connectivity index (χ3n) is 3.46. The molecule has 3 aromatic rings. The molecule has 0 aliphatic rings. The quantitative estimate of drug-likeness (QED) is 0.568. The van der Waals surface area contributed by atoms with Crippen LogP contribution in [0.15, 0.2) is 65.6 Å². The summed E-state index contributed by atoms with van der Waals surface area (Å²) >= 11 is 0. The van der Waals surface area contributed by atoms with Crippen molar-refractivity contribution in [3.8, 4) is 0 Å². The van der Waals surface area contributed by atoms with E-state index in [2.05, 4.69) is 5.32 Å². The number of hydrogen-bond acceptors (Lipinski definition) is 4. The van der Waals surface area contributed by atoms with Crippen molar-refractivity contribution < 1.29 is 42.5 Å². The molecule has 0 aromatic heterocycles. The summed E-state index contributed by atoms with van der Waals surface area (Å²) in [6.07, 6.45) is 0. The Bertz CT molecular complexity index is 938. The SMILES string of the molecule is Cc1ccc(Nc2ccc3ccccc3c2S(=O)(=O)[O-])cc1.[Na+]. The van der Waals surface area contributed by atoms with Crippen molar-refractivity contribution >= 4 is 32.3 Å². The number of aryl methyl sites for hydroxylation is 1. The Labute approximate surface area is 157 Å². The summed E-state index contributed by atoms with van der Waals surface area (Å²) in [6.45, 7) is 1.97. The minimum Gasteiger partial charge on any atom is -0.744 e. The van der Waals surface area contributed by atoms with E-state index in [0.717, 1.165) is 11.3 Å². The molecule has 0 fully saturated rings. The fourth-order valence-electron chi connectivity index (χ4n) is 2.40. The normalized spacial score (nSPS) is 11.0. The van der Waals surface area contributed by atoms with Crippen LogP contribution in [0, 0.1) is 6.92 Å². The van der Waals surface area contributed by atoms with Crippen molar-refractivity contribution in [3.05, 3.63) is 66.2 Å². The zero-order chi connectivity index (χ0) is 15.7. The smallest absolute Gasteiger partial charge is 0.744 e. The Morgan fingerprint density at radius 2 is 1.57 bits per heavy atom. The van der Waals surface area contributed by atoms with Gasteiger partial charge in [-0.15, -0.1) is 0 Å². The topological polar surface area (TPSA) is 69.2 Å². The maximum absolute atomic E-state index is 11.7. The fraction of sp³-hybridized carbons (Fsp3) is 0.0588. The van der Waals surface area contributed by atoms with Gasteiger partial charge in [0.2, 0.25) is 0 Å². The van der Waals surface area contributed by atoms with Gasteiger partial charge in [0.1, 0.15) is 10.1 Å². The molecule has 1 N–H and O–H groups in total. The predicted molar refractivity (Wildman–Crippen MR) is 86.4 cm³/mol. The van der Waals surface area contributed by atoms with Gasteiger partial charge in [-0.3, -0.25) is 0 Å². The number of nitrogens with one attached hydrogen (secondary N) is 1. The van der Waals surface area contributed by atoms with Crippen LogP contribution in [-0.4, -0.2) is 13.0 Å². The first-order valence-corrected chi connectivity index (χ1v) is 8.17. The zero-order valence-corrected chi connectivity index (χ0v) is 15.7. The summed E-state index contributed by atoms with van der Waals surface area (Å²) < 4.78 is 35.1. The molecular formula is C17H14NNaO3S. The minimum absolute atomic E-state index is 0. The van der Waals surface area contributed by atoms with Gasteiger partial charge in [0.05, 0.1) is 10.6 Å². The van der Waals surface area contributed by atoms with Crippen LogP contribution in [0.25, 0.3) is 10.8 Å². The van der Waals surface area contributed by atoms with E-state index in [9.17, 15) is 13.0 Å². The summed E-state index contributed by atoms with van der Waals surface area (Å²) in [4.78, 5) is -0.217. The van der Waals surface area contributed by atoms with Crippen molar-refractivity contribution in [2.45, 2.75) is 11.8 Å². The van der Waals surface area contributed by atoms with E-state index in [1.165, 1.54) is 0 Å². The number of anilines is 2. The predicted octanol–water partition coefficient (Wildman–Crippen LogP) is 0.800. The molecule has 0 unspecified atom stereocenters. The standard InChI is InChI=1S/C17H15NO3S.Na/c1-12-6-9-14(10-7-12)18-16-11-8-13-4-2-3-5-15(13)17(16)22(19,20)21;/h2-11,18H,1H3,(H,19,20,21);/q;+1/p-1. The first-order valence-electron chi connectivity index (χ1n) is 6.76. The summed E-state index contributed by atoms with van der Waals surface area (Å²) in [5.41, 5.74) is 2.11. The second-order valence-electron chi connectivity index (χ2n) is 5.11. The summed E-state index contributed by atoms with van der Waals surface area (Å²) in [7, 11) is -4.60. The first kappa shape index (κ1) is 18.0. The van der Waals surface area contributed by atoms with E-state index < -0.39 is 10.1 Å². The second-order valence-corrected chi connectivity index (χ2v) is 6.43. The second kappa shape index (κ2) is 7.03. The van der Waals surface area contributed by atoms with E-state index in [1.54, 1.807) is 36.4 Å². The molecule has 3 rings (SSSR count). The molecule has 0 aliphatic carbocycles. The maximum atomic E-state index is 11.7. The average molecular weight is 335 g/mol. The number of benzene rings is 3. The molecule has 4 nitrogen and oxygen atoms in total. The summed E-state index contributed by atoms with van der Waals surface area (Å²) in [5, 5.41) is 4.16. The van der Waals surface area contributed by atoms with Crippen LogP contribution in [-0.2, 0) is 10.1 Å². The third-order valence-corrected chi connectivity index (χ3v) is 4.40. The van der Waals surface area contributed by atoms with Gasteiger partial charge < -0.3 is 9.87 Å². The van der Waals surface area contributed by atoms with Crippen molar-refractivity contribution in [3.63, 3.8) is 0 Å². The molecule has 0 amide bonds. The number of rotatable bonds is 3. The first-order chi connectivity index (χ1) is 10.4. The number of fused-ring (bicyclic) bond motifs is 1. The van der Waals surface area contributed by atoms with Crippen molar-refractivity contribution in [1.29, 1.82) is 0 Å². The third kappa shape index (κ3) is 3.94. The largest absolute Gasteiger partial charge is 1.00 e. The Balaban J connectivity index is 0.00000192. The molecule has 0 heterocycles. The maximum Gasteiger partial charge on any atom is 1.00 e. The Morgan fingerprint density at radius 3 is 2.22 bits per heavy atom. The van der Waals surface area contributed by atoms with Crippen LogP contribution in [0.2, 0.25) is 0 Å². The molecule has 112 valence electrons. The van der Waals surface area contributed by atoms with Crippen LogP contribution in [0.4, 0.5) is 11.4 Å². The van der Waals surface area contributed by atoms with E-state index in [4.69, 9.17) is 0 Å². The summed E-state index contributed by atoms with van der Waals surface area (Å²) in [6, 6.07) is 17.8. The molecule has 23 heavy (non-hydrogen) atoms. The molecule has 3 aromatic carbocycles. The monoisotopic (exact) mass is 335 g/mol. The minimum atomic E-state index is -4.60. The molecular weight excluding hydrogens is 321 g/mol. The number of hydrogen-bond donors (Lipinski definition) is 1. The van der Waals surface area contributed by atoms with Gasteiger partial charge in [-0.25, -0.2) is 8.42 Å². The van der Waals surface area contributed by atoms with Gasteiger partial charge in [-0.05, 0) is 30.5 Å². The Kier molecular flexibility index (Phi) is 5.49. The van der Waals surface area contributed by atoms with Gasteiger partial charge >= 0.3 is 29.6 Å². The molecule has 0 aliphatic heterocycles.